The lowest BCUT2D eigenvalue weighted by Crippen LogP contribution is -2.33. The van der Waals surface area contributed by atoms with Crippen LogP contribution in [0.15, 0.2) is 63.8 Å². The van der Waals surface area contributed by atoms with E-state index in [2.05, 4.69) is 47.0 Å². The Kier molecular flexibility index (Phi) is 5.64. The standard InChI is InChI=1S/C26H26F3N3O/c1-2-3-4-7-16-12-20-18-8-5-6-9-23(18)33-24(20)14-19(16)17-10-11-30-21(13-17)22-15-25(32-31-22)26(27,28)29/h5-6,8-10,12-14,22,30-31H,2-4,7,11,15H2,1H3. The van der Waals surface area contributed by atoms with E-state index in [-0.39, 0.29) is 6.42 Å². The molecule has 0 spiro atoms. The number of dihydropyridines is 1. The van der Waals surface area contributed by atoms with Gasteiger partial charge in [0, 0.05) is 29.4 Å². The van der Waals surface area contributed by atoms with E-state index in [9.17, 15) is 13.2 Å². The zero-order valence-corrected chi connectivity index (χ0v) is 18.4. The van der Waals surface area contributed by atoms with Crippen LogP contribution in [0.4, 0.5) is 13.2 Å². The number of para-hydroxylation sites is 1. The minimum atomic E-state index is -4.41. The van der Waals surface area contributed by atoms with Crippen LogP contribution < -0.4 is 10.7 Å². The lowest BCUT2D eigenvalue weighted by molar-refractivity contribution is -0.0600. The summed E-state index contributed by atoms with van der Waals surface area (Å²) in [6.45, 7) is 2.73. The van der Waals surface area contributed by atoms with Crippen molar-refractivity contribution in [2.45, 2.75) is 51.2 Å². The van der Waals surface area contributed by atoms with Crippen LogP contribution in [0.5, 0.6) is 0 Å². The summed E-state index contributed by atoms with van der Waals surface area (Å²) in [5, 5.41) is 8.93. The number of halogens is 3. The van der Waals surface area contributed by atoms with Gasteiger partial charge in [-0.05, 0) is 53.8 Å². The minimum absolute atomic E-state index is 0.179. The molecular weight excluding hydrogens is 427 g/mol. The third-order valence-electron chi connectivity index (χ3n) is 6.36. The molecule has 0 aliphatic carbocycles. The van der Waals surface area contributed by atoms with Gasteiger partial charge >= 0.3 is 6.18 Å². The summed E-state index contributed by atoms with van der Waals surface area (Å²) in [6, 6.07) is 11.8. The van der Waals surface area contributed by atoms with Gasteiger partial charge in [0.2, 0.25) is 0 Å². The Balaban J connectivity index is 1.51. The first-order valence-electron chi connectivity index (χ1n) is 11.4. The molecule has 5 rings (SSSR count). The van der Waals surface area contributed by atoms with Gasteiger partial charge in [0.05, 0.1) is 6.04 Å². The van der Waals surface area contributed by atoms with Crippen molar-refractivity contribution < 1.29 is 17.6 Å². The van der Waals surface area contributed by atoms with E-state index in [0.29, 0.717) is 6.54 Å². The number of alkyl halides is 3. The van der Waals surface area contributed by atoms with E-state index in [1.807, 2.05) is 24.3 Å². The molecule has 3 heterocycles. The van der Waals surface area contributed by atoms with Crippen molar-refractivity contribution in [3.05, 3.63) is 65.4 Å². The van der Waals surface area contributed by atoms with Crippen LogP contribution in [0, 0.1) is 0 Å². The predicted molar refractivity (Wildman–Crippen MR) is 126 cm³/mol. The largest absolute Gasteiger partial charge is 0.456 e. The highest BCUT2D eigenvalue weighted by Gasteiger charge is 2.41. The van der Waals surface area contributed by atoms with Crippen LogP contribution in [-0.4, -0.2) is 24.5 Å². The van der Waals surface area contributed by atoms with E-state index in [1.165, 1.54) is 5.56 Å². The van der Waals surface area contributed by atoms with E-state index in [1.54, 1.807) is 0 Å². The second kappa shape index (κ2) is 8.61. The van der Waals surface area contributed by atoms with Gasteiger partial charge < -0.3 is 15.2 Å². The molecule has 2 aromatic carbocycles. The third kappa shape index (κ3) is 4.24. The molecule has 7 heteroatoms. The Hall–Kier alpha value is -3.22. The number of hydrazone groups is 1. The highest BCUT2D eigenvalue weighted by Crippen LogP contribution is 2.35. The van der Waals surface area contributed by atoms with Crippen molar-refractivity contribution in [1.82, 2.24) is 10.7 Å². The Bertz CT molecular complexity index is 1280. The molecule has 3 aromatic rings. The molecule has 172 valence electrons. The summed E-state index contributed by atoms with van der Waals surface area (Å²) < 4.78 is 45.3. The van der Waals surface area contributed by atoms with Crippen molar-refractivity contribution in [1.29, 1.82) is 0 Å². The monoisotopic (exact) mass is 453 g/mol. The SMILES string of the molecule is CCCCCc1cc2c(cc1C1=CCNC(C3CC(C(F)(F)F)=NN3)=C1)oc1ccccc12. The highest BCUT2D eigenvalue weighted by atomic mass is 19.4. The predicted octanol–water partition coefficient (Wildman–Crippen LogP) is 6.47. The molecule has 1 aromatic heterocycles. The molecule has 33 heavy (non-hydrogen) atoms. The number of nitrogens with zero attached hydrogens (tertiary/aromatic N) is 1. The van der Waals surface area contributed by atoms with Gasteiger partial charge in [-0.2, -0.15) is 18.3 Å². The number of hydrogen-bond donors (Lipinski definition) is 2. The zero-order chi connectivity index (χ0) is 23.0. The molecule has 4 nitrogen and oxygen atoms in total. The van der Waals surface area contributed by atoms with Crippen molar-refractivity contribution in [2.24, 2.45) is 5.10 Å². The molecule has 2 aliphatic rings. The van der Waals surface area contributed by atoms with E-state index >= 15 is 0 Å². The van der Waals surface area contributed by atoms with Crippen molar-refractivity contribution in [3.8, 4) is 0 Å². The zero-order valence-electron chi connectivity index (χ0n) is 18.4. The van der Waals surface area contributed by atoms with Crippen molar-refractivity contribution in [3.63, 3.8) is 0 Å². The molecule has 2 N–H and O–H groups in total. The maximum atomic E-state index is 13.0. The van der Waals surface area contributed by atoms with Gasteiger partial charge in [-0.1, -0.05) is 44.0 Å². The van der Waals surface area contributed by atoms with Gasteiger partial charge in [0.15, 0.2) is 0 Å². The van der Waals surface area contributed by atoms with Crippen LogP contribution in [0.1, 0.15) is 43.7 Å². The van der Waals surface area contributed by atoms with Crippen LogP contribution in [-0.2, 0) is 6.42 Å². The summed E-state index contributed by atoms with van der Waals surface area (Å²) in [4.78, 5) is 0. The van der Waals surface area contributed by atoms with Crippen molar-refractivity contribution in [2.75, 3.05) is 6.54 Å². The highest BCUT2D eigenvalue weighted by molar-refractivity contribution is 6.06. The fourth-order valence-electron chi connectivity index (χ4n) is 4.62. The van der Waals surface area contributed by atoms with Crippen LogP contribution in [0.2, 0.25) is 0 Å². The maximum Gasteiger partial charge on any atom is 0.431 e. The number of aryl methyl sites for hydroxylation is 1. The van der Waals surface area contributed by atoms with E-state index < -0.39 is 17.9 Å². The second-order valence-electron chi connectivity index (χ2n) is 8.64. The van der Waals surface area contributed by atoms with Gasteiger partial charge in [-0.15, -0.1) is 0 Å². The van der Waals surface area contributed by atoms with Crippen LogP contribution in [0.25, 0.3) is 27.5 Å². The summed E-state index contributed by atoms with van der Waals surface area (Å²) in [6.07, 6.45) is 3.75. The number of hydrogen-bond acceptors (Lipinski definition) is 4. The molecule has 0 saturated carbocycles. The maximum absolute atomic E-state index is 13.0. The van der Waals surface area contributed by atoms with Gasteiger partial charge in [0.25, 0.3) is 0 Å². The number of rotatable bonds is 6. The lowest BCUT2D eigenvalue weighted by atomic mass is 9.91. The minimum Gasteiger partial charge on any atom is -0.456 e. The van der Waals surface area contributed by atoms with Crippen LogP contribution >= 0.6 is 0 Å². The molecule has 1 unspecified atom stereocenters. The summed E-state index contributed by atoms with van der Waals surface area (Å²) >= 11 is 0. The van der Waals surface area contributed by atoms with E-state index in [4.69, 9.17) is 4.42 Å². The van der Waals surface area contributed by atoms with Gasteiger partial charge in [0.1, 0.15) is 16.9 Å². The normalized spacial score (nSPS) is 18.7. The fourth-order valence-corrected chi connectivity index (χ4v) is 4.62. The first kappa shape index (κ1) is 21.6. The topological polar surface area (TPSA) is 49.6 Å². The molecule has 1 atom stereocenters. The first-order valence-corrected chi connectivity index (χ1v) is 11.4. The van der Waals surface area contributed by atoms with Gasteiger partial charge in [-0.3, -0.25) is 0 Å². The van der Waals surface area contributed by atoms with Gasteiger partial charge in [-0.25, -0.2) is 0 Å². The number of nitrogens with one attached hydrogen (secondary N) is 2. The smallest absolute Gasteiger partial charge is 0.431 e. The molecule has 2 aliphatic heterocycles. The Morgan fingerprint density at radius 1 is 1.09 bits per heavy atom. The Morgan fingerprint density at radius 2 is 1.94 bits per heavy atom. The third-order valence-corrected chi connectivity index (χ3v) is 6.36. The fraction of sp³-hybridized carbons (Fsp3) is 0.346. The average Bonchev–Trinajstić information content (AvgIpc) is 3.44. The van der Waals surface area contributed by atoms with Crippen LogP contribution in [0.3, 0.4) is 0 Å². The quantitative estimate of drug-likeness (QED) is 0.421. The Labute approximate surface area is 190 Å². The summed E-state index contributed by atoms with van der Waals surface area (Å²) in [5.74, 6) is 0. The Morgan fingerprint density at radius 3 is 2.73 bits per heavy atom. The van der Waals surface area contributed by atoms with Crippen molar-refractivity contribution >= 4 is 33.2 Å². The number of benzene rings is 2. The summed E-state index contributed by atoms with van der Waals surface area (Å²) in [5.41, 5.74) is 7.59. The summed E-state index contributed by atoms with van der Waals surface area (Å²) in [7, 11) is 0. The molecule has 0 saturated heterocycles. The number of unbranched alkanes of at least 4 members (excludes halogenated alkanes) is 2. The van der Waals surface area contributed by atoms with E-state index in [0.717, 1.165) is 64.5 Å². The number of fused-ring (bicyclic) bond motifs is 3. The first-order chi connectivity index (χ1) is 15.9. The lowest BCUT2D eigenvalue weighted by Gasteiger charge is -2.22. The molecule has 0 radical (unpaired) electrons. The molecule has 0 bridgehead atoms. The number of furan rings is 1. The average molecular weight is 454 g/mol. The number of allylic oxidation sites excluding steroid dienone is 2. The molecule has 0 amide bonds. The second-order valence-corrected chi connectivity index (χ2v) is 8.64. The molecular formula is C26H26F3N3O. The molecule has 0 fully saturated rings.